The number of fused-ring (bicyclic) bond motifs is 1. The topological polar surface area (TPSA) is 88.5 Å². The maximum atomic E-state index is 9.81. The van der Waals surface area contributed by atoms with Gasteiger partial charge in [-0.25, -0.2) is 9.50 Å². The molecule has 2 aromatic heterocycles. The van der Waals surface area contributed by atoms with E-state index in [4.69, 9.17) is 10.8 Å². The molecule has 0 aliphatic rings. The van der Waals surface area contributed by atoms with Crippen LogP contribution in [0, 0.1) is 13.8 Å². The minimum atomic E-state index is -0.0492. The van der Waals surface area contributed by atoms with Gasteiger partial charge in [-0.1, -0.05) is 36.4 Å². The van der Waals surface area contributed by atoms with Gasteiger partial charge in [0.25, 0.3) is 0 Å². The van der Waals surface area contributed by atoms with E-state index in [0.29, 0.717) is 6.54 Å². The van der Waals surface area contributed by atoms with E-state index in [1.165, 1.54) is 11.1 Å². The molecule has 0 bridgehead atoms. The third-order valence-corrected chi connectivity index (χ3v) is 5.35. The molecule has 2 heterocycles. The summed E-state index contributed by atoms with van der Waals surface area (Å²) in [4.78, 5) is 4.65. The number of hydrogen-bond acceptors (Lipinski definition) is 5. The summed E-state index contributed by atoms with van der Waals surface area (Å²) < 4.78 is 1.87. The maximum absolute atomic E-state index is 9.81. The van der Waals surface area contributed by atoms with Crippen molar-refractivity contribution >= 4 is 11.3 Å². The van der Waals surface area contributed by atoms with Gasteiger partial charge in [0, 0.05) is 23.7 Å². The number of benzene rings is 2. The summed E-state index contributed by atoms with van der Waals surface area (Å²) in [5.41, 5.74) is 14.5. The molecule has 0 saturated carbocycles. The number of anilines is 1. The summed E-state index contributed by atoms with van der Waals surface area (Å²) in [6.45, 7) is 6.73. The van der Waals surface area contributed by atoms with E-state index >= 15 is 0 Å². The Labute approximate surface area is 176 Å². The molecule has 6 nitrogen and oxygen atoms in total. The monoisotopic (exact) mass is 401 g/mol. The van der Waals surface area contributed by atoms with Gasteiger partial charge in [-0.15, -0.1) is 0 Å². The van der Waals surface area contributed by atoms with Crippen molar-refractivity contribution in [1.29, 1.82) is 0 Å². The van der Waals surface area contributed by atoms with Crippen LogP contribution in [0.3, 0.4) is 0 Å². The highest BCUT2D eigenvalue weighted by Crippen LogP contribution is 2.30. The Bertz CT molecular complexity index is 1200. The molecule has 0 aliphatic heterocycles. The molecule has 0 aliphatic carbocycles. The molecule has 154 valence electrons. The molecule has 0 saturated heterocycles. The number of hydrogen-bond donors (Lipinski definition) is 3. The second-order valence-electron chi connectivity index (χ2n) is 7.79. The van der Waals surface area contributed by atoms with Gasteiger partial charge in [0.15, 0.2) is 5.65 Å². The van der Waals surface area contributed by atoms with Crippen LogP contribution in [0.2, 0.25) is 0 Å². The minimum Gasteiger partial charge on any atom is -0.392 e. The molecule has 0 fully saturated rings. The third kappa shape index (κ3) is 3.79. The van der Waals surface area contributed by atoms with Gasteiger partial charge in [0.1, 0.15) is 0 Å². The molecule has 2 aromatic carbocycles. The normalized spacial score (nSPS) is 12.3. The van der Waals surface area contributed by atoms with E-state index in [9.17, 15) is 5.11 Å². The first-order valence-electron chi connectivity index (χ1n) is 10.1. The van der Waals surface area contributed by atoms with Crippen molar-refractivity contribution in [2.75, 3.05) is 11.9 Å². The van der Waals surface area contributed by atoms with Crippen LogP contribution >= 0.6 is 0 Å². The Morgan fingerprint density at radius 1 is 1.10 bits per heavy atom. The van der Waals surface area contributed by atoms with Crippen LogP contribution in [0.1, 0.15) is 23.6 Å². The Balaban J connectivity index is 1.93. The molecular formula is C24H27N5O. The lowest BCUT2D eigenvalue weighted by Crippen LogP contribution is -2.25. The summed E-state index contributed by atoms with van der Waals surface area (Å²) in [6.07, 6.45) is 1.85. The number of aryl methyl sites for hydroxylation is 2. The van der Waals surface area contributed by atoms with E-state index < -0.39 is 0 Å². The van der Waals surface area contributed by atoms with E-state index in [1.54, 1.807) is 0 Å². The number of rotatable bonds is 6. The van der Waals surface area contributed by atoms with Gasteiger partial charge >= 0.3 is 0 Å². The molecule has 0 spiro atoms. The molecule has 4 rings (SSSR count). The van der Waals surface area contributed by atoms with Crippen LogP contribution in [0.25, 0.3) is 28.2 Å². The maximum Gasteiger partial charge on any atom is 0.177 e. The predicted octanol–water partition coefficient (Wildman–Crippen LogP) is 3.93. The Kier molecular flexibility index (Phi) is 5.53. The number of nitrogens with two attached hydrogens (primary N) is 1. The molecule has 30 heavy (non-hydrogen) atoms. The summed E-state index contributed by atoms with van der Waals surface area (Å²) in [5, 5.41) is 18.1. The Morgan fingerprint density at radius 3 is 2.63 bits per heavy atom. The van der Waals surface area contributed by atoms with Crippen LogP contribution in [0.15, 0.2) is 54.7 Å². The van der Waals surface area contributed by atoms with Crippen molar-refractivity contribution in [3.8, 4) is 22.5 Å². The first kappa shape index (κ1) is 20.1. The number of aromatic nitrogens is 3. The third-order valence-electron chi connectivity index (χ3n) is 5.35. The van der Waals surface area contributed by atoms with Crippen LogP contribution in [0.4, 0.5) is 5.69 Å². The predicted molar refractivity (Wildman–Crippen MR) is 121 cm³/mol. The fourth-order valence-electron chi connectivity index (χ4n) is 3.51. The van der Waals surface area contributed by atoms with E-state index in [2.05, 4.69) is 42.3 Å². The van der Waals surface area contributed by atoms with Crippen molar-refractivity contribution in [3.63, 3.8) is 0 Å². The summed E-state index contributed by atoms with van der Waals surface area (Å²) >= 11 is 0. The minimum absolute atomic E-state index is 0.000532. The highest BCUT2D eigenvalue weighted by atomic mass is 16.3. The zero-order valence-electron chi connectivity index (χ0n) is 17.6. The highest BCUT2D eigenvalue weighted by Gasteiger charge is 2.16. The fraction of sp³-hybridized carbons (Fsp3) is 0.250. The van der Waals surface area contributed by atoms with Gasteiger partial charge in [-0.05, 0) is 49.6 Å². The first-order valence-corrected chi connectivity index (χ1v) is 10.1. The molecule has 1 atom stereocenters. The number of nitrogens with one attached hydrogen (secondary N) is 1. The van der Waals surface area contributed by atoms with Crippen molar-refractivity contribution in [1.82, 2.24) is 14.6 Å². The van der Waals surface area contributed by atoms with Gasteiger partial charge in [0.2, 0.25) is 0 Å². The van der Waals surface area contributed by atoms with Gasteiger partial charge in [0.05, 0.1) is 29.9 Å². The van der Waals surface area contributed by atoms with Crippen LogP contribution in [0.5, 0.6) is 0 Å². The largest absolute Gasteiger partial charge is 0.392 e. The van der Waals surface area contributed by atoms with Crippen molar-refractivity contribution in [2.45, 2.75) is 33.4 Å². The van der Waals surface area contributed by atoms with E-state index in [0.717, 1.165) is 39.4 Å². The van der Waals surface area contributed by atoms with Crippen molar-refractivity contribution in [2.24, 2.45) is 5.73 Å². The number of aliphatic hydroxyl groups is 1. The van der Waals surface area contributed by atoms with Gasteiger partial charge in [-0.2, -0.15) is 5.10 Å². The lowest BCUT2D eigenvalue weighted by atomic mass is 10.0. The second kappa shape index (κ2) is 8.26. The number of aliphatic hydroxyl groups excluding tert-OH is 1. The molecule has 0 radical (unpaired) electrons. The zero-order chi connectivity index (χ0) is 21.3. The molecule has 6 heteroatoms. The summed E-state index contributed by atoms with van der Waals surface area (Å²) in [6, 6.07) is 16.1. The zero-order valence-corrected chi connectivity index (χ0v) is 17.6. The second-order valence-corrected chi connectivity index (χ2v) is 7.79. The summed E-state index contributed by atoms with van der Waals surface area (Å²) in [5.74, 6) is 0. The molecule has 4 aromatic rings. The van der Waals surface area contributed by atoms with Crippen molar-refractivity contribution < 1.29 is 5.11 Å². The molecule has 4 N–H and O–H groups in total. The SMILES string of the molecule is Cc1ccc(-c2cnc3c(NCC(C)N)cc(-c4ccccc4CO)nn23)cc1C. The first-order chi connectivity index (χ1) is 14.5. The lowest BCUT2D eigenvalue weighted by molar-refractivity contribution is 0.282. The molecule has 0 amide bonds. The number of imidazole rings is 1. The average molecular weight is 402 g/mol. The summed E-state index contributed by atoms with van der Waals surface area (Å²) in [7, 11) is 0. The molecular weight excluding hydrogens is 374 g/mol. The lowest BCUT2D eigenvalue weighted by Gasteiger charge is -2.14. The Hall–Kier alpha value is -3.22. The standard InChI is InChI=1S/C24H27N5O/c1-15-8-9-18(10-16(15)2)23-13-27-24-22(26-12-17(3)25)11-21(28-29(23)24)20-7-5-4-6-19(20)14-30/h4-11,13,17,26,30H,12,14,25H2,1-3H3. The van der Waals surface area contributed by atoms with Gasteiger partial charge in [-0.3, -0.25) is 0 Å². The highest BCUT2D eigenvalue weighted by molar-refractivity contribution is 5.78. The fourth-order valence-corrected chi connectivity index (χ4v) is 3.51. The van der Waals surface area contributed by atoms with Crippen LogP contribution < -0.4 is 11.1 Å². The van der Waals surface area contributed by atoms with E-state index in [1.807, 2.05) is 48.0 Å². The van der Waals surface area contributed by atoms with Crippen molar-refractivity contribution in [3.05, 3.63) is 71.4 Å². The van der Waals surface area contributed by atoms with Gasteiger partial charge < -0.3 is 16.2 Å². The average Bonchev–Trinajstić information content (AvgIpc) is 3.18. The Morgan fingerprint density at radius 2 is 1.90 bits per heavy atom. The van der Waals surface area contributed by atoms with Crippen LogP contribution in [-0.4, -0.2) is 32.3 Å². The van der Waals surface area contributed by atoms with Crippen LogP contribution in [-0.2, 0) is 6.61 Å². The van der Waals surface area contributed by atoms with E-state index in [-0.39, 0.29) is 12.6 Å². The molecule has 1 unspecified atom stereocenters. The quantitative estimate of drug-likeness (QED) is 0.456. The smallest absolute Gasteiger partial charge is 0.177 e. The number of nitrogens with zero attached hydrogens (tertiary/aromatic N) is 3.